The fourth-order valence-corrected chi connectivity index (χ4v) is 2.39. The van der Waals surface area contributed by atoms with E-state index < -0.39 is 11.9 Å². The summed E-state index contributed by atoms with van der Waals surface area (Å²) in [6, 6.07) is 8.92. The summed E-state index contributed by atoms with van der Waals surface area (Å²) in [4.78, 5) is 25.4. The first-order valence-corrected chi connectivity index (χ1v) is 7.06. The van der Waals surface area contributed by atoms with E-state index in [9.17, 15) is 9.59 Å². The predicted octanol–water partition coefficient (Wildman–Crippen LogP) is 3.26. The number of anilines is 1. The molecule has 2 rings (SSSR count). The summed E-state index contributed by atoms with van der Waals surface area (Å²) in [5.41, 5.74) is 2.56. The first-order valence-electron chi connectivity index (χ1n) is 7.06. The molecule has 0 saturated heterocycles. The third-order valence-electron chi connectivity index (χ3n) is 3.56. The van der Waals surface area contributed by atoms with Crippen molar-refractivity contribution in [3.05, 3.63) is 53.5 Å². The fourth-order valence-electron chi connectivity index (χ4n) is 2.39. The lowest BCUT2D eigenvalue weighted by Gasteiger charge is -2.27. The highest BCUT2D eigenvalue weighted by Crippen LogP contribution is 2.27. The van der Waals surface area contributed by atoms with Gasteiger partial charge in [0, 0.05) is 12.2 Å². The SMILES string of the molecule is Cc1cccc(C)c1N(CC(C)C(=O)O)C(=O)c1ccco1. The molecule has 1 heterocycles. The molecule has 0 aliphatic carbocycles. The molecular weight excluding hydrogens is 282 g/mol. The summed E-state index contributed by atoms with van der Waals surface area (Å²) >= 11 is 0. The lowest BCUT2D eigenvalue weighted by molar-refractivity contribution is -0.140. The molecule has 1 atom stereocenters. The molecule has 1 aromatic carbocycles. The van der Waals surface area contributed by atoms with E-state index >= 15 is 0 Å². The van der Waals surface area contributed by atoms with Gasteiger partial charge in [-0.05, 0) is 37.1 Å². The molecule has 0 saturated carbocycles. The number of carboxylic acid groups (broad SMARTS) is 1. The number of hydrogen-bond donors (Lipinski definition) is 1. The Kier molecular flexibility index (Phi) is 4.65. The van der Waals surface area contributed by atoms with Crippen molar-refractivity contribution in [3.63, 3.8) is 0 Å². The lowest BCUT2D eigenvalue weighted by atomic mass is 10.1. The zero-order valence-electron chi connectivity index (χ0n) is 12.9. The van der Waals surface area contributed by atoms with Crippen molar-refractivity contribution in [2.24, 2.45) is 5.92 Å². The van der Waals surface area contributed by atoms with E-state index in [0.29, 0.717) is 0 Å². The van der Waals surface area contributed by atoms with Crippen LogP contribution in [0.5, 0.6) is 0 Å². The minimum absolute atomic E-state index is 0.0839. The zero-order chi connectivity index (χ0) is 16.3. The maximum Gasteiger partial charge on any atom is 0.308 e. The Balaban J connectivity index is 2.46. The molecular formula is C17H19NO4. The molecule has 0 aliphatic heterocycles. The molecule has 1 aromatic heterocycles. The third-order valence-corrected chi connectivity index (χ3v) is 3.56. The Bertz CT molecular complexity index is 656. The highest BCUT2D eigenvalue weighted by Gasteiger charge is 2.26. The number of carboxylic acids is 1. The molecule has 1 unspecified atom stereocenters. The first kappa shape index (κ1) is 15.8. The Morgan fingerprint density at radius 2 is 1.82 bits per heavy atom. The van der Waals surface area contributed by atoms with E-state index in [4.69, 9.17) is 9.52 Å². The highest BCUT2D eigenvalue weighted by atomic mass is 16.4. The van der Waals surface area contributed by atoms with Gasteiger partial charge < -0.3 is 14.4 Å². The summed E-state index contributed by atoms with van der Waals surface area (Å²) in [6.07, 6.45) is 1.43. The van der Waals surface area contributed by atoms with Crippen LogP contribution in [0.2, 0.25) is 0 Å². The molecule has 5 heteroatoms. The molecule has 0 aliphatic rings. The van der Waals surface area contributed by atoms with Gasteiger partial charge in [-0.2, -0.15) is 0 Å². The zero-order valence-corrected chi connectivity index (χ0v) is 12.9. The molecule has 0 spiro atoms. The van der Waals surface area contributed by atoms with E-state index in [1.165, 1.54) is 11.2 Å². The monoisotopic (exact) mass is 301 g/mol. The number of carbonyl (C=O) groups excluding carboxylic acids is 1. The number of aliphatic carboxylic acids is 1. The molecule has 2 aromatic rings. The van der Waals surface area contributed by atoms with Gasteiger partial charge in [-0.3, -0.25) is 9.59 Å². The number of rotatable bonds is 5. The Morgan fingerprint density at radius 3 is 2.32 bits per heavy atom. The summed E-state index contributed by atoms with van der Waals surface area (Å²) in [5.74, 6) is -1.77. The normalized spacial score (nSPS) is 12.0. The number of para-hydroxylation sites is 1. The minimum Gasteiger partial charge on any atom is -0.481 e. The summed E-state index contributed by atoms with van der Waals surface area (Å²) in [6.45, 7) is 5.46. The number of benzene rings is 1. The fraction of sp³-hybridized carbons (Fsp3) is 0.294. The van der Waals surface area contributed by atoms with Crippen LogP contribution in [0.4, 0.5) is 5.69 Å². The van der Waals surface area contributed by atoms with Crippen LogP contribution in [0.15, 0.2) is 41.0 Å². The van der Waals surface area contributed by atoms with Crippen LogP contribution in [0.3, 0.4) is 0 Å². The van der Waals surface area contributed by atoms with Crippen LogP contribution in [-0.2, 0) is 4.79 Å². The summed E-state index contributed by atoms with van der Waals surface area (Å²) in [7, 11) is 0. The van der Waals surface area contributed by atoms with Gasteiger partial charge in [-0.25, -0.2) is 0 Å². The quantitative estimate of drug-likeness (QED) is 0.920. The molecule has 0 bridgehead atoms. The average Bonchev–Trinajstić information content (AvgIpc) is 2.99. The number of hydrogen-bond acceptors (Lipinski definition) is 3. The number of amides is 1. The van der Waals surface area contributed by atoms with Crippen molar-refractivity contribution >= 4 is 17.6 Å². The van der Waals surface area contributed by atoms with Crippen LogP contribution in [0, 0.1) is 19.8 Å². The molecule has 1 amide bonds. The van der Waals surface area contributed by atoms with Crippen LogP contribution in [0.1, 0.15) is 28.6 Å². The van der Waals surface area contributed by atoms with Gasteiger partial charge in [0.15, 0.2) is 5.76 Å². The minimum atomic E-state index is -0.941. The van der Waals surface area contributed by atoms with Crippen molar-refractivity contribution in [3.8, 4) is 0 Å². The smallest absolute Gasteiger partial charge is 0.308 e. The molecule has 22 heavy (non-hydrogen) atoms. The maximum atomic E-state index is 12.7. The maximum absolute atomic E-state index is 12.7. The van der Waals surface area contributed by atoms with Gasteiger partial charge in [0.05, 0.1) is 12.2 Å². The second kappa shape index (κ2) is 6.47. The summed E-state index contributed by atoms with van der Waals surface area (Å²) < 4.78 is 5.18. The van der Waals surface area contributed by atoms with E-state index in [-0.39, 0.29) is 18.2 Å². The van der Waals surface area contributed by atoms with Crippen molar-refractivity contribution in [2.75, 3.05) is 11.4 Å². The van der Waals surface area contributed by atoms with Gasteiger partial charge >= 0.3 is 5.97 Å². The number of nitrogens with zero attached hydrogens (tertiary/aromatic N) is 1. The molecule has 5 nitrogen and oxygen atoms in total. The number of furan rings is 1. The topological polar surface area (TPSA) is 70.8 Å². The first-order chi connectivity index (χ1) is 10.4. The predicted molar refractivity (Wildman–Crippen MR) is 83.1 cm³/mol. The number of carbonyl (C=O) groups is 2. The third kappa shape index (κ3) is 3.19. The van der Waals surface area contributed by atoms with Crippen molar-refractivity contribution < 1.29 is 19.1 Å². The van der Waals surface area contributed by atoms with E-state index in [1.54, 1.807) is 19.1 Å². The number of aryl methyl sites for hydroxylation is 2. The van der Waals surface area contributed by atoms with Gasteiger partial charge in [0.2, 0.25) is 0 Å². The van der Waals surface area contributed by atoms with Crippen molar-refractivity contribution in [2.45, 2.75) is 20.8 Å². The van der Waals surface area contributed by atoms with Crippen LogP contribution >= 0.6 is 0 Å². The molecule has 116 valence electrons. The van der Waals surface area contributed by atoms with Crippen molar-refractivity contribution in [1.82, 2.24) is 0 Å². The molecule has 1 N–H and O–H groups in total. The Hall–Kier alpha value is -2.56. The van der Waals surface area contributed by atoms with Crippen LogP contribution < -0.4 is 4.90 Å². The summed E-state index contributed by atoms with van der Waals surface area (Å²) in [5, 5.41) is 9.17. The second-order valence-corrected chi connectivity index (χ2v) is 5.37. The largest absolute Gasteiger partial charge is 0.481 e. The molecule has 0 radical (unpaired) electrons. The Labute approximate surface area is 129 Å². The van der Waals surface area contributed by atoms with Gasteiger partial charge in [-0.15, -0.1) is 0 Å². The molecule has 0 fully saturated rings. The van der Waals surface area contributed by atoms with E-state index in [2.05, 4.69) is 0 Å². The van der Waals surface area contributed by atoms with Crippen molar-refractivity contribution in [1.29, 1.82) is 0 Å². The second-order valence-electron chi connectivity index (χ2n) is 5.37. The highest BCUT2D eigenvalue weighted by molar-refractivity contribution is 6.05. The van der Waals surface area contributed by atoms with E-state index in [0.717, 1.165) is 16.8 Å². The average molecular weight is 301 g/mol. The lowest BCUT2D eigenvalue weighted by Crippen LogP contribution is -2.37. The van der Waals surface area contributed by atoms with Gasteiger partial charge in [0.1, 0.15) is 0 Å². The van der Waals surface area contributed by atoms with Gasteiger partial charge in [0.25, 0.3) is 5.91 Å². The van der Waals surface area contributed by atoms with E-state index in [1.807, 2.05) is 32.0 Å². The van der Waals surface area contributed by atoms with Gasteiger partial charge in [-0.1, -0.05) is 25.1 Å². The van der Waals surface area contributed by atoms with Crippen LogP contribution in [0.25, 0.3) is 0 Å². The van der Waals surface area contributed by atoms with Crippen LogP contribution in [-0.4, -0.2) is 23.5 Å². The standard InChI is InChI=1S/C17H19NO4/c1-11-6-4-7-12(2)15(11)18(10-13(3)17(20)21)16(19)14-8-5-9-22-14/h4-9,13H,10H2,1-3H3,(H,20,21). The Morgan fingerprint density at radius 1 is 1.18 bits per heavy atom.